The van der Waals surface area contributed by atoms with Crippen LogP contribution in [-0.4, -0.2) is 55.8 Å². The van der Waals surface area contributed by atoms with Crippen LogP contribution in [0.3, 0.4) is 0 Å². The maximum absolute atomic E-state index is 12.1. The number of carbonyl (C=O) groups is 1. The smallest absolute Gasteiger partial charge is 0.248 e. The van der Waals surface area contributed by atoms with Crippen LogP contribution in [0.15, 0.2) is 30.3 Å². The number of rotatable bonds is 7. The highest BCUT2D eigenvalue weighted by atomic mass is 16.5. The topological polar surface area (TPSA) is 50.8 Å². The van der Waals surface area contributed by atoms with E-state index in [2.05, 4.69) is 17.1 Å². The van der Waals surface area contributed by atoms with Gasteiger partial charge in [-0.3, -0.25) is 9.69 Å². The lowest BCUT2D eigenvalue weighted by molar-refractivity contribution is -0.132. The molecule has 1 aromatic carbocycles. The second kappa shape index (κ2) is 8.88. The fourth-order valence-electron chi connectivity index (χ4n) is 2.41. The molecule has 5 heteroatoms. The zero-order chi connectivity index (χ0) is 15.8. The van der Waals surface area contributed by atoms with Crippen LogP contribution in [0.4, 0.5) is 0 Å². The third-order valence-electron chi connectivity index (χ3n) is 3.95. The van der Waals surface area contributed by atoms with Gasteiger partial charge in [-0.05, 0) is 19.4 Å². The average molecular weight is 306 g/mol. The summed E-state index contributed by atoms with van der Waals surface area (Å²) in [6.07, 6.45) is -0.447. The molecule has 1 aliphatic rings. The van der Waals surface area contributed by atoms with Gasteiger partial charge in [0.2, 0.25) is 5.91 Å². The van der Waals surface area contributed by atoms with Crippen LogP contribution in [0, 0.1) is 0 Å². The quantitative estimate of drug-likeness (QED) is 0.828. The van der Waals surface area contributed by atoms with Gasteiger partial charge >= 0.3 is 0 Å². The minimum Gasteiger partial charge on any atom is -0.379 e. The van der Waals surface area contributed by atoms with E-state index in [1.807, 2.05) is 30.3 Å². The van der Waals surface area contributed by atoms with E-state index in [0.717, 1.165) is 31.9 Å². The number of hydrogen-bond donors (Lipinski definition) is 1. The zero-order valence-corrected chi connectivity index (χ0v) is 13.5. The van der Waals surface area contributed by atoms with Gasteiger partial charge in [-0.15, -0.1) is 0 Å². The summed E-state index contributed by atoms with van der Waals surface area (Å²) >= 11 is 0. The molecule has 1 saturated heterocycles. The first-order valence-electron chi connectivity index (χ1n) is 7.92. The monoisotopic (exact) mass is 306 g/mol. The van der Waals surface area contributed by atoms with Crippen LogP contribution in [0.25, 0.3) is 0 Å². The van der Waals surface area contributed by atoms with Crippen LogP contribution in [0.5, 0.6) is 0 Å². The van der Waals surface area contributed by atoms with E-state index in [4.69, 9.17) is 9.47 Å². The molecule has 1 heterocycles. The Kier molecular flexibility index (Phi) is 6.83. The summed E-state index contributed by atoms with van der Waals surface area (Å²) in [5.74, 6) is -0.0592. The van der Waals surface area contributed by atoms with Gasteiger partial charge in [0.15, 0.2) is 0 Å². The highest BCUT2D eigenvalue weighted by Crippen LogP contribution is 2.05. The Morgan fingerprint density at radius 3 is 2.64 bits per heavy atom. The fraction of sp³-hybridized carbons (Fsp3) is 0.588. The van der Waals surface area contributed by atoms with Gasteiger partial charge in [0, 0.05) is 25.7 Å². The lowest BCUT2D eigenvalue weighted by atomic mass is 10.2. The summed E-state index contributed by atoms with van der Waals surface area (Å²) < 4.78 is 11.0. The molecular weight excluding hydrogens is 280 g/mol. The Balaban J connectivity index is 1.67. The van der Waals surface area contributed by atoms with Gasteiger partial charge < -0.3 is 14.8 Å². The van der Waals surface area contributed by atoms with Crippen molar-refractivity contribution in [2.24, 2.45) is 0 Å². The summed E-state index contributed by atoms with van der Waals surface area (Å²) in [4.78, 5) is 14.4. The van der Waals surface area contributed by atoms with Gasteiger partial charge in [0.25, 0.3) is 0 Å². The Hall–Kier alpha value is -1.43. The molecule has 1 amide bonds. The van der Waals surface area contributed by atoms with Gasteiger partial charge in [0.05, 0.1) is 19.8 Å². The molecule has 1 aromatic rings. The maximum Gasteiger partial charge on any atom is 0.248 e. The Morgan fingerprint density at radius 1 is 1.27 bits per heavy atom. The third-order valence-corrected chi connectivity index (χ3v) is 3.95. The fourth-order valence-corrected chi connectivity index (χ4v) is 2.41. The summed E-state index contributed by atoms with van der Waals surface area (Å²) in [5.41, 5.74) is 1.07. The second-order valence-electron chi connectivity index (χ2n) is 5.68. The van der Waals surface area contributed by atoms with Crippen molar-refractivity contribution in [3.05, 3.63) is 35.9 Å². The molecule has 0 bridgehead atoms. The molecule has 0 aliphatic carbocycles. The standard InChI is InChI=1S/C17H26N2O3/c1-14(19-8-10-21-11-9-19)12-18-17(20)15(2)22-13-16-6-4-3-5-7-16/h3-7,14-15H,8-13H2,1-2H3,(H,18,20)/t14-,15+/m1/s1. The number of hydrogen-bond acceptors (Lipinski definition) is 4. The first-order valence-corrected chi connectivity index (χ1v) is 7.92. The van der Waals surface area contributed by atoms with Crippen molar-refractivity contribution in [1.29, 1.82) is 0 Å². The average Bonchev–Trinajstić information content (AvgIpc) is 2.58. The molecule has 22 heavy (non-hydrogen) atoms. The van der Waals surface area contributed by atoms with Gasteiger partial charge in [-0.1, -0.05) is 30.3 Å². The lowest BCUT2D eigenvalue weighted by Crippen LogP contribution is -2.48. The molecule has 2 rings (SSSR count). The molecule has 0 radical (unpaired) electrons. The molecule has 0 saturated carbocycles. The first kappa shape index (κ1) is 16.9. The van der Waals surface area contributed by atoms with Crippen LogP contribution in [0.1, 0.15) is 19.4 Å². The van der Waals surface area contributed by atoms with E-state index in [1.54, 1.807) is 6.92 Å². The van der Waals surface area contributed by atoms with E-state index < -0.39 is 6.10 Å². The summed E-state index contributed by atoms with van der Waals surface area (Å²) in [5, 5.41) is 2.97. The van der Waals surface area contributed by atoms with E-state index in [1.165, 1.54) is 0 Å². The highest BCUT2D eigenvalue weighted by Gasteiger charge is 2.19. The lowest BCUT2D eigenvalue weighted by Gasteiger charge is -2.32. The molecule has 0 aromatic heterocycles. The number of nitrogens with zero attached hydrogens (tertiary/aromatic N) is 1. The maximum atomic E-state index is 12.1. The minimum absolute atomic E-state index is 0.0592. The summed E-state index contributed by atoms with van der Waals surface area (Å²) in [6, 6.07) is 10.2. The predicted octanol–water partition coefficient (Wildman–Crippen LogP) is 1.43. The normalized spacial score (nSPS) is 18.6. The number of benzene rings is 1. The van der Waals surface area contributed by atoms with Gasteiger partial charge in [-0.25, -0.2) is 0 Å². The third kappa shape index (κ3) is 5.40. The molecule has 0 unspecified atom stereocenters. The van der Waals surface area contributed by atoms with E-state index in [-0.39, 0.29) is 5.91 Å². The highest BCUT2D eigenvalue weighted by molar-refractivity contribution is 5.80. The molecule has 1 N–H and O–H groups in total. The van der Waals surface area contributed by atoms with Crippen LogP contribution < -0.4 is 5.32 Å². The molecule has 122 valence electrons. The first-order chi connectivity index (χ1) is 10.7. The van der Waals surface area contributed by atoms with Crippen LogP contribution >= 0.6 is 0 Å². The Labute approximate surface area is 132 Å². The van der Waals surface area contributed by atoms with Crippen molar-refractivity contribution in [3.63, 3.8) is 0 Å². The minimum atomic E-state index is -0.447. The Bertz CT molecular complexity index is 446. The summed E-state index contributed by atoms with van der Waals surface area (Å²) in [7, 11) is 0. The number of nitrogens with one attached hydrogen (secondary N) is 1. The van der Waals surface area contributed by atoms with E-state index >= 15 is 0 Å². The molecule has 2 atom stereocenters. The van der Waals surface area contributed by atoms with Crippen molar-refractivity contribution in [2.75, 3.05) is 32.8 Å². The summed E-state index contributed by atoms with van der Waals surface area (Å²) in [6.45, 7) is 8.41. The van der Waals surface area contributed by atoms with E-state index in [9.17, 15) is 4.79 Å². The Morgan fingerprint density at radius 2 is 1.95 bits per heavy atom. The molecule has 1 fully saturated rings. The SMILES string of the molecule is C[C@H](OCc1ccccc1)C(=O)NC[C@@H](C)N1CCOCC1. The molecule has 0 spiro atoms. The number of amides is 1. The van der Waals surface area contributed by atoms with Crippen LogP contribution in [0.2, 0.25) is 0 Å². The van der Waals surface area contributed by atoms with Crippen molar-refractivity contribution in [1.82, 2.24) is 10.2 Å². The van der Waals surface area contributed by atoms with Crippen LogP contribution in [-0.2, 0) is 20.9 Å². The second-order valence-corrected chi connectivity index (χ2v) is 5.68. The number of ether oxygens (including phenoxy) is 2. The van der Waals surface area contributed by atoms with Gasteiger partial charge in [0.1, 0.15) is 6.10 Å². The van der Waals surface area contributed by atoms with Gasteiger partial charge in [-0.2, -0.15) is 0 Å². The largest absolute Gasteiger partial charge is 0.379 e. The predicted molar refractivity (Wildman–Crippen MR) is 85.6 cm³/mol. The van der Waals surface area contributed by atoms with Crippen molar-refractivity contribution >= 4 is 5.91 Å². The zero-order valence-electron chi connectivity index (χ0n) is 13.5. The van der Waals surface area contributed by atoms with Crippen molar-refractivity contribution in [3.8, 4) is 0 Å². The number of carbonyl (C=O) groups excluding carboxylic acids is 1. The van der Waals surface area contributed by atoms with Crippen molar-refractivity contribution in [2.45, 2.75) is 32.6 Å². The molecule has 1 aliphatic heterocycles. The molecule has 5 nitrogen and oxygen atoms in total. The number of morpholine rings is 1. The van der Waals surface area contributed by atoms with E-state index in [0.29, 0.717) is 19.2 Å². The van der Waals surface area contributed by atoms with Crippen molar-refractivity contribution < 1.29 is 14.3 Å². The molecular formula is C17H26N2O3.